The largest absolute Gasteiger partial charge is 0.575 e. The van der Waals surface area contributed by atoms with Gasteiger partial charge in [-0.25, -0.2) is 4.79 Å². The molecule has 0 saturated carbocycles. The molecule has 5 nitrogen and oxygen atoms in total. The number of anilines is 1. The van der Waals surface area contributed by atoms with Crippen molar-refractivity contribution in [3.05, 3.63) is 30.3 Å². The molecule has 0 fully saturated rings. The molecule has 0 aliphatic carbocycles. The summed E-state index contributed by atoms with van der Waals surface area (Å²) in [6.07, 6.45) is -5.05. The molecule has 0 unspecified atom stereocenters. The summed E-state index contributed by atoms with van der Waals surface area (Å²) in [5.41, 5.74) is 3.46. The van der Waals surface area contributed by atoms with E-state index in [2.05, 4.69) is 10.2 Å². The van der Waals surface area contributed by atoms with Crippen LogP contribution in [0.2, 0.25) is 0 Å². The number of carbonyl (C=O) groups excluding carboxylic acids is 1. The Hall–Kier alpha value is -2.27. The van der Waals surface area contributed by atoms with Crippen molar-refractivity contribution in [2.75, 3.05) is 5.43 Å². The molecule has 0 saturated heterocycles. The monoisotopic (exact) mass is 247 g/mol. The lowest BCUT2D eigenvalue weighted by atomic mass is 10.3. The van der Waals surface area contributed by atoms with E-state index >= 15 is 0 Å². The van der Waals surface area contributed by atoms with Crippen LogP contribution in [0, 0.1) is 11.3 Å². The third kappa shape index (κ3) is 8.71. The van der Waals surface area contributed by atoms with E-state index in [-0.39, 0.29) is 0 Å². The standard InChI is InChI=1S/C6H8N2.C3F3NO2/c7-8-6-4-2-1-3-5-6;4-3(5,6)9-2(8)1-7/h1-5,8H,7H2;. The molecule has 92 valence electrons. The highest BCUT2D eigenvalue weighted by molar-refractivity contribution is 5.85. The predicted octanol–water partition coefficient (Wildman–Crippen LogP) is 1.55. The summed E-state index contributed by atoms with van der Waals surface area (Å²) in [7, 11) is 0. The number of nitrogens with one attached hydrogen (secondary N) is 1. The number of nitriles is 1. The number of ether oxygens (including phenoxy) is 1. The van der Waals surface area contributed by atoms with Crippen molar-refractivity contribution in [3.63, 3.8) is 0 Å². The lowest BCUT2D eigenvalue weighted by molar-refractivity contribution is -0.302. The Balaban J connectivity index is 0.000000302. The van der Waals surface area contributed by atoms with E-state index in [1.165, 1.54) is 0 Å². The van der Waals surface area contributed by atoms with Crippen LogP contribution in [-0.4, -0.2) is 12.3 Å². The van der Waals surface area contributed by atoms with Crippen molar-refractivity contribution in [1.82, 2.24) is 0 Å². The summed E-state index contributed by atoms with van der Waals surface area (Å²) in [5, 5.41) is 7.47. The van der Waals surface area contributed by atoms with Crippen molar-refractivity contribution in [2.24, 2.45) is 5.84 Å². The van der Waals surface area contributed by atoms with Crippen molar-refractivity contribution in [3.8, 4) is 6.07 Å². The van der Waals surface area contributed by atoms with Crippen molar-refractivity contribution in [2.45, 2.75) is 6.36 Å². The van der Waals surface area contributed by atoms with Crippen LogP contribution < -0.4 is 11.3 Å². The van der Waals surface area contributed by atoms with E-state index < -0.39 is 12.3 Å². The Morgan fingerprint density at radius 2 is 1.88 bits per heavy atom. The Morgan fingerprint density at radius 1 is 1.35 bits per heavy atom. The van der Waals surface area contributed by atoms with E-state index in [1.807, 2.05) is 30.3 Å². The van der Waals surface area contributed by atoms with Gasteiger partial charge in [-0.05, 0) is 12.1 Å². The number of hydrazine groups is 1. The highest BCUT2D eigenvalue weighted by Crippen LogP contribution is 2.15. The normalized spacial score (nSPS) is 9.35. The zero-order valence-corrected chi connectivity index (χ0v) is 8.36. The average Bonchev–Trinajstić information content (AvgIpc) is 2.28. The summed E-state index contributed by atoms with van der Waals surface area (Å²) in [6, 6.07) is 10.2. The molecule has 1 aromatic rings. The minimum absolute atomic E-state index is 0.640. The van der Waals surface area contributed by atoms with Gasteiger partial charge in [0.05, 0.1) is 0 Å². The summed E-state index contributed by atoms with van der Waals surface area (Å²) in [6.45, 7) is 0. The van der Waals surface area contributed by atoms with E-state index in [0.29, 0.717) is 6.07 Å². The van der Waals surface area contributed by atoms with Gasteiger partial charge in [-0.15, -0.1) is 13.2 Å². The number of nitrogens with two attached hydrogens (primary N) is 1. The first-order valence-electron chi connectivity index (χ1n) is 4.10. The third-order valence-electron chi connectivity index (χ3n) is 1.24. The SMILES string of the molecule is N#CC(=O)OC(F)(F)F.NNc1ccccc1. The van der Waals surface area contributed by atoms with Gasteiger partial charge in [-0.1, -0.05) is 18.2 Å². The van der Waals surface area contributed by atoms with Crippen LogP contribution in [0.3, 0.4) is 0 Å². The summed E-state index contributed by atoms with van der Waals surface area (Å²) >= 11 is 0. The number of halogens is 3. The molecule has 0 amide bonds. The minimum atomic E-state index is -5.05. The quantitative estimate of drug-likeness (QED) is 0.340. The number of carbonyl (C=O) groups is 1. The molecule has 0 heterocycles. The van der Waals surface area contributed by atoms with Crippen LogP contribution >= 0.6 is 0 Å². The molecule has 0 aromatic heterocycles. The summed E-state index contributed by atoms with van der Waals surface area (Å²) < 4.78 is 35.3. The molecule has 17 heavy (non-hydrogen) atoms. The predicted molar refractivity (Wildman–Crippen MR) is 52.0 cm³/mol. The number of alkyl halides is 3. The van der Waals surface area contributed by atoms with Crippen LogP contribution in [-0.2, 0) is 9.53 Å². The number of nitrogens with zero attached hydrogens (tertiary/aromatic N) is 1. The van der Waals surface area contributed by atoms with Gasteiger partial charge in [0.1, 0.15) is 0 Å². The van der Waals surface area contributed by atoms with Crippen LogP contribution in [0.5, 0.6) is 0 Å². The molecule has 0 spiro atoms. The van der Waals surface area contributed by atoms with Gasteiger partial charge in [0.15, 0.2) is 6.07 Å². The number of hydrogen-bond acceptors (Lipinski definition) is 5. The molecule has 0 bridgehead atoms. The second-order valence-corrected chi connectivity index (χ2v) is 2.46. The van der Waals surface area contributed by atoms with E-state index in [4.69, 9.17) is 11.1 Å². The van der Waals surface area contributed by atoms with E-state index in [0.717, 1.165) is 5.69 Å². The molecule has 3 N–H and O–H groups in total. The van der Waals surface area contributed by atoms with Crippen LogP contribution in [0.25, 0.3) is 0 Å². The second-order valence-electron chi connectivity index (χ2n) is 2.46. The lowest BCUT2D eigenvalue weighted by Gasteiger charge is -2.00. The molecule has 0 aliphatic rings. The topological polar surface area (TPSA) is 88.1 Å². The number of hydrogen-bond donors (Lipinski definition) is 2. The second kappa shape index (κ2) is 7.08. The first-order chi connectivity index (χ1) is 7.89. The maximum absolute atomic E-state index is 10.9. The highest BCUT2D eigenvalue weighted by atomic mass is 19.4. The highest BCUT2D eigenvalue weighted by Gasteiger charge is 2.33. The number of nitrogen functional groups attached to an aromatic ring is 1. The van der Waals surface area contributed by atoms with Gasteiger partial charge in [0.2, 0.25) is 0 Å². The molecule has 1 rings (SSSR count). The molecule has 0 aliphatic heterocycles. The Kier molecular flexibility index (Phi) is 6.13. The van der Waals surface area contributed by atoms with Gasteiger partial charge < -0.3 is 10.2 Å². The van der Waals surface area contributed by atoms with Crippen LogP contribution in [0.4, 0.5) is 18.9 Å². The smallest absolute Gasteiger partial charge is 0.361 e. The molecule has 0 radical (unpaired) electrons. The minimum Gasteiger partial charge on any atom is -0.361 e. The van der Waals surface area contributed by atoms with Gasteiger partial charge in [0, 0.05) is 5.69 Å². The third-order valence-corrected chi connectivity index (χ3v) is 1.24. The van der Waals surface area contributed by atoms with Gasteiger partial charge >= 0.3 is 12.3 Å². The van der Waals surface area contributed by atoms with Crippen molar-refractivity contribution < 1.29 is 22.7 Å². The van der Waals surface area contributed by atoms with Crippen LogP contribution in [0.1, 0.15) is 0 Å². The Bertz CT molecular complexity index is 387. The van der Waals surface area contributed by atoms with Crippen LogP contribution in [0.15, 0.2) is 30.3 Å². The zero-order valence-electron chi connectivity index (χ0n) is 8.36. The van der Waals surface area contributed by atoms with Crippen molar-refractivity contribution >= 4 is 11.7 Å². The van der Waals surface area contributed by atoms with Gasteiger partial charge in [0.25, 0.3) is 0 Å². The van der Waals surface area contributed by atoms with Gasteiger partial charge in [-0.2, -0.15) is 5.26 Å². The average molecular weight is 247 g/mol. The first kappa shape index (κ1) is 14.7. The fourth-order valence-corrected chi connectivity index (χ4v) is 0.662. The molecule has 1 aromatic carbocycles. The fourth-order valence-electron chi connectivity index (χ4n) is 0.662. The molecule has 8 heteroatoms. The zero-order chi connectivity index (χ0) is 13.3. The summed E-state index contributed by atoms with van der Waals surface area (Å²) in [4.78, 5) is 9.52. The summed E-state index contributed by atoms with van der Waals surface area (Å²) in [5.74, 6) is 3.14. The number of benzene rings is 1. The number of rotatable bonds is 1. The number of esters is 1. The Labute approximate surface area is 94.6 Å². The first-order valence-corrected chi connectivity index (χ1v) is 4.10. The molecular formula is C9H8F3N3O2. The fraction of sp³-hybridized carbons (Fsp3) is 0.111. The molecular weight excluding hydrogens is 239 g/mol. The van der Waals surface area contributed by atoms with Gasteiger partial charge in [-0.3, -0.25) is 5.84 Å². The molecule has 0 atom stereocenters. The van der Waals surface area contributed by atoms with Crippen molar-refractivity contribution in [1.29, 1.82) is 5.26 Å². The Morgan fingerprint density at radius 3 is 2.12 bits per heavy atom. The van der Waals surface area contributed by atoms with E-state index in [9.17, 15) is 18.0 Å². The lowest BCUT2D eigenvalue weighted by Crippen LogP contribution is -2.17. The maximum atomic E-state index is 10.9. The van der Waals surface area contributed by atoms with E-state index in [1.54, 1.807) is 0 Å². The maximum Gasteiger partial charge on any atom is 0.575 e. The number of para-hydroxylation sites is 1.